The normalized spacial score (nSPS) is 11.2. The summed E-state index contributed by atoms with van der Waals surface area (Å²) in [5, 5.41) is 0. The highest BCUT2D eigenvalue weighted by Gasteiger charge is 2.04. The molecule has 0 amide bonds. The van der Waals surface area contributed by atoms with Crippen LogP contribution in [0.2, 0.25) is 0 Å². The second-order valence-electron chi connectivity index (χ2n) is 2.80. The van der Waals surface area contributed by atoms with Gasteiger partial charge in [-0.2, -0.15) is 0 Å². The first-order valence-corrected chi connectivity index (χ1v) is 4.72. The molecule has 0 aromatic carbocycles. The predicted octanol–water partition coefficient (Wildman–Crippen LogP) is 1.14. The fourth-order valence-electron chi connectivity index (χ4n) is 1.23. The summed E-state index contributed by atoms with van der Waals surface area (Å²) in [4.78, 5) is 6.81. The third-order valence-electron chi connectivity index (χ3n) is 1.83. The quantitative estimate of drug-likeness (QED) is 0.755. The van der Waals surface area contributed by atoms with Gasteiger partial charge >= 0.3 is 0 Å². The van der Waals surface area contributed by atoms with Crippen molar-refractivity contribution in [1.29, 1.82) is 0 Å². The lowest BCUT2D eigenvalue weighted by Gasteiger charge is -1.89. The summed E-state index contributed by atoms with van der Waals surface area (Å²) >= 11 is 1.78. The number of fused-ring (bicyclic) bond motifs is 1. The van der Waals surface area contributed by atoms with Crippen molar-refractivity contribution in [2.75, 3.05) is 6.54 Å². The van der Waals surface area contributed by atoms with Crippen LogP contribution in [0.5, 0.6) is 0 Å². The van der Waals surface area contributed by atoms with E-state index in [0.717, 1.165) is 11.9 Å². The molecule has 2 rings (SSSR count). The lowest BCUT2D eigenvalue weighted by Crippen LogP contribution is -2.00. The highest BCUT2D eigenvalue weighted by atomic mass is 32.1. The lowest BCUT2D eigenvalue weighted by molar-refractivity contribution is 0.953. The number of rotatable bonds is 2. The van der Waals surface area contributed by atoms with Crippen LogP contribution in [0, 0.1) is 0 Å². The minimum Gasteiger partial charge on any atom is -0.330 e. The monoisotopic (exact) mass is 181 g/mol. The highest BCUT2D eigenvalue weighted by Crippen LogP contribution is 2.23. The Hall–Kier alpha value is -0.870. The van der Waals surface area contributed by atoms with Crippen molar-refractivity contribution in [2.24, 2.45) is 12.8 Å². The van der Waals surface area contributed by atoms with Gasteiger partial charge in [0.05, 0.1) is 11.8 Å². The molecule has 0 saturated heterocycles. The van der Waals surface area contributed by atoms with Crippen LogP contribution in [0.3, 0.4) is 0 Å². The van der Waals surface area contributed by atoms with Crippen LogP contribution >= 0.6 is 11.3 Å². The minimum atomic E-state index is 0.715. The van der Waals surface area contributed by atoms with Crippen LogP contribution in [0.1, 0.15) is 4.88 Å². The number of hydrogen-bond donors (Lipinski definition) is 1. The second-order valence-corrected chi connectivity index (χ2v) is 3.91. The number of thiophene rings is 1. The first kappa shape index (κ1) is 7.76. The fourth-order valence-corrected chi connectivity index (χ4v) is 2.28. The maximum Gasteiger partial charge on any atom is 0.122 e. The molecule has 0 bridgehead atoms. The molecule has 0 unspecified atom stereocenters. The molecule has 2 N–H and O–H groups in total. The van der Waals surface area contributed by atoms with E-state index in [0.29, 0.717) is 6.54 Å². The van der Waals surface area contributed by atoms with Crippen LogP contribution in [0.15, 0.2) is 12.4 Å². The minimum absolute atomic E-state index is 0.715. The van der Waals surface area contributed by atoms with Crippen LogP contribution in [0.4, 0.5) is 0 Å². The van der Waals surface area contributed by atoms with Gasteiger partial charge in [-0.1, -0.05) is 0 Å². The molecule has 0 fully saturated rings. The molecule has 12 heavy (non-hydrogen) atoms. The highest BCUT2D eigenvalue weighted by molar-refractivity contribution is 7.18. The fraction of sp³-hybridized carbons (Fsp3) is 0.375. The van der Waals surface area contributed by atoms with E-state index in [1.54, 1.807) is 11.3 Å². The van der Waals surface area contributed by atoms with E-state index in [1.165, 1.54) is 9.71 Å². The molecule has 2 aromatic rings. The molecular weight excluding hydrogens is 170 g/mol. The number of imidazole rings is 1. The molecule has 2 aromatic heterocycles. The average molecular weight is 181 g/mol. The topological polar surface area (TPSA) is 43.8 Å². The third kappa shape index (κ3) is 1.13. The Balaban J connectivity index is 2.48. The zero-order chi connectivity index (χ0) is 8.55. The van der Waals surface area contributed by atoms with Crippen molar-refractivity contribution in [3.63, 3.8) is 0 Å². The summed E-state index contributed by atoms with van der Waals surface area (Å²) in [5.74, 6) is 0. The summed E-state index contributed by atoms with van der Waals surface area (Å²) in [5.41, 5.74) is 6.56. The number of hydrogen-bond acceptors (Lipinski definition) is 3. The van der Waals surface area contributed by atoms with Gasteiger partial charge in [0.15, 0.2) is 0 Å². The van der Waals surface area contributed by atoms with Gasteiger partial charge in [-0.15, -0.1) is 11.3 Å². The van der Waals surface area contributed by atoms with E-state index in [2.05, 4.69) is 11.1 Å². The van der Waals surface area contributed by atoms with Crippen LogP contribution in [0.25, 0.3) is 10.3 Å². The maximum absolute atomic E-state index is 5.47. The van der Waals surface area contributed by atoms with E-state index < -0.39 is 0 Å². The Bertz CT molecular complexity index is 388. The Kier molecular flexibility index (Phi) is 1.86. The van der Waals surface area contributed by atoms with Gasteiger partial charge in [-0.25, -0.2) is 4.98 Å². The number of nitrogens with two attached hydrogens (primary N) is 1. The molecule has 0 aliphatic heterocycles. The van der Waals surface area contributed by atoms with Crippen molar-refractivity contribution >= 4 is 21.7 Å². The molecule has 0 radical (unpaired) electrons. The van der Waals surface area contributed by atoms with Crippen molar-refractivity contribution < 1.29 is 0 Å². The van der Waals surface area contributed by atoms with E-state index in [4.69, 9.17) is 5.73 Å². The molecule has 64 valence electrons. The first-order valence-electron chi connectivity index (χ1n) is 3.91. The van der Waals surface area contributed by atoms with Gasteiger partial charge in [-0.3, -0.25) is 0 Å². The molecule has 3 nitrogen and oxygen atoms in total. The second kappa shape index (κ2) is 2.88. The van der Waals surface area contributed by atoms with Crippen LogP contribution < -0.4 is 5.73 Å². The van der Waals surface area contributed by atoms with Gasteiger partial charge in [0.1, 0.15) is 4.83 Å². The number of aryl methyl sites for hydroxylation is 1. The summed E-state index contributed by atoms with van der Waals surface area (Å²) < 4.78 is 2.04. The molecule has 0 aliphatic carbocycles. The van der Waals surface area contributed by atoms with E-state index in [1.807, 2.05) is 17.9 Å². The Morgan fingerprint density at radius 1 is 1.67 bits per heavy atom. The van der Waals surface area contributed by atoms with E-state index >= 15 is 0 Å². The van der Waals surface area contributed by atoms with Crippen molar-refractivity contribution in [1.82, 2.24) is 9.55 Å². The Morgan fingerprint density at radius 2 is 2.50 bits per heavy atom. The molecular formula is C8H11N3S. The molecule has 2 heterocycles. The third-order valence-corrected chi connectivity index (χ3v) is 3.10. The van der Waals surface area contributed by atoms with Crippen molar-refractivity contribution in [3.8, 4) is 0 Å². The maximum atomic E-state index is 5.47. The summed E-state index contributed by atoms with van der Waals surface area (Å²) in [6, 6.07) is 2.12. The molecule has 0 aliphatic rings. The average Bonchev–Trinajstić information content (AvgIpc) is 2.55. The largest absolute Gasteiger partial charge is 0.330 e. The standard InChI is InChI=1S/C8H11N3S/c1-11-5-10-7-4-6(2-3-9)12-8(7)11/h4-5H,2-3,9H2,1H3. The molecule has 0 spiro atoms. The summed E-state index contributed by atoms with van der Waals surface area (Å²) in [7, 11) is 2.01. The smallest absolute Gasteiger partial charge is 0.122 e. The summed E-state index contributed by atoms with van der Waals surface area (Å²) in [6.07, 6.45) is 2.80. The summed E-state index contributed by atoms with van der Waals surface area (Å²) in [6.45, 7) is 0.715. The molecule has 0 saturated carbocycles. The van der Waals surface area contributed by atoms with Crippen LogP contribution in [-0.2, 0) is 13.5 Å². The van der Waals surface area contributed by atoms with Gasteiger partial charge < -0.3 is 10.3 Å². The lowest BCUT2D eigenvalue weighted by atomic mass is 10.3. The van der Waals surface area contributed by atoms with Gasteiger partial charge in [0.2, 0.25) is 0 Å². The SMILES string of the molecule is Cn1cnc2cc(CCN)sc21. The van der Waals surface area contributed by atoms with Gasteiger partial charge in [0.25, 0.3) is 0 Å². The van der Waals surface area contributed by atoms with Crippen molar-refractivity contribution in [3.05, 3.63) is 17.3 Å². The molecule has 4 heteroatoms. The van der Waals surface area contributed by atoms with Gasteiger partial charge in [-0.05, 0) is 19.0 Å². The Morgan fingerprint density at radius 3 is 3.17 bits per heavy atom. The number of aromatic nitrogens is 2. The first-order chi connectivity index (χ1) is 5.81. The predicted molar refractivity (Wildman–Crippen MR) is 51.3 cm³/mol. The van der Waals surface area contributed by atoms with Crippen molar-refractivity contribution in [2.45, 2.75) is 6.42 Å². The van der Waals surface area contributed by atoms with Crippen LogP contribution in [-0.4, -0.2) is 16.1 Å². The molecule has 0 atom stereocenters. The Labute approximate surface area is 74.8 Å². The van der Waals surface area contributed by atoms with Gasteiger partial charge in [0, 0.05) is 11.9 Å². The number of nitrogens with zero attached hydrogens (tertiary/aromatic N) is 2. The zero-order valence-corrected chi connectivity index (χ0v) is 7.77. The van der Waals surface area contributed by atoms with E-state index in [-0.39, 0.29) is 0 Å². The zero-order valence-electron chi connectivity index (χ0n) is 6.95. The van der Waals surface area contributed by atoms with E-state index in [9.17, 15) is 0 Å².